The zero-order valence-corrected chi connectivity index (χ0v) is 11.2. The molecule has 18 heavy (non-hydrogen) atoms. The fraction of sp³-hybridized carbons (Fsp3) is 0.750. The molecular formula is C8H10Cl3F2N3O2. The Balaban J connectivity index is 2.61. The Morgan fingerprint density at radius 1 is 1.61 bits per heavy atom. The van der Waals surface area contributed by atoms with Crippen LogP contribution < -0.4 is 5.73 Å². The van der Waals surface area contributed by atoms with Gasteiger partial charge in [0, 0.05) is 6.21 Å². The second-order valence-electron chi connectivity index (χ2n) is 3.47. The summed E-state index contributed by atoms with van der Waals surface area (Å²) in [5, 5.41) is 0. The Kier molecular flexibility index (Phi) is 5.39. The molecule has 10 heteroatoms. The highest BCUT2D eigenvalue weighted by Gasteiger charge is 2.37. The molecule has 0 spiro atoms. The molecular weight excluding hydrogens is 314 g/mol. The Labute approximate surface area is 117 Å². The lowest BCUT2D eigenvalue weighted by Crippen LogP contribution is -2.57. The van der Waals surface area contributed by atoms with Crippen molar-refractivity contribution in [1.29, 1.82) is 0 Å². The van der Waals surface area contributed by atoms with Crippen molar-refractivity contribution in [3.8, 4) is 0 Å². The number of halogens is 5. The van der Waals surface area contributed by atoms with Gasteiger partial charge >= 0.3 is 6.09 Å². The van der Waals surface area contributed by atoms with Crippen LogP contribution in [0.5, 0.6) is 0 Å². The monoisotopic (exact) mass is 323 g/mol. The minimum Gasteiger partial charge on any atom is -0.445 e. The van der Waals surface area contributed by atoms with Crippen LogP contribution in [0.1, 0.15) is 0 Å². The molecule has 0 bridgehead atoms. The normalized spacial score (nSPS) is 24.5. The number of rotatable bonds is 2. The van der Waals surface area contributed by atoms with Gasteiger partial charge in [-0.2, -0.15) is 0 Å². The number of aliphatic imine (C=N–C) groups is 1. The third kappa shape index (κ3) is 4.38. The topological polar surface area (TPSA) is 67.9 Å². The highest BCUT2D eigenvalue weighted by Crippen LogP contribution is 2.26. The molecule has 2 unspecified atom stereocenters. The van der Waals surface area contributed by atoms with E-state index in [2.05, 4.69) is 9.73 Å². The molecule has 0 aliphatic carbocycles. The highest BCUT2D eigenvalue weighted by atomic mass is 35.6. The SMILES string of the molecule is NC1C(C(F)F)N=CCN1C(=O)OCC(Cl)(Cl)Cl. The van der Waals surface area contributed by atoms with Crippen LogP contribution in [-0.4, -0.2) is 52.8 Å². The van der Waals surface area contributed by atoms with Gasteiger partial charge in [0.05, 0.1) is 6.54 Å². The fourth-order valence-electron chi connectivity index (χ4n) is 1.29. The van der Waals surface area contributed by atoms with E-state index in [4.69, 9.17) is 40.5 Å². The summed E-state index contributed by atoms with van der Waals surface area (Å²) in [5.41, 5.74) is 5.50. The van der Waals surface area contributed by atoms with Gasteiger partial charge in [-0.3, -0.25) is 9.89 Å². The second-order valence-corrected chi connectivity index (χ2v) is 5.99. The molecule has 2 atom stereocenters. The molecule has 1 aliphatic rings. The molecule has 1 aliphatic heterocycles. The Morgan fingerprint density at radius 3 is 2.72 bits per heavy atom. The molecule has 0 aromatic heterocycles. The third-order valence-corrected chi connectivity index (χ3v) is 2.44. The smallest absolute Gasteiger partial charge is 0.411 e. The molecule has 1 heterocycles. The van der Waals surface area contributed by atoms with E-state index in [0.717, 1.165) is 11.1 Å². The number of hydrogen-bond donors (Lipinski definition) is 1. The van der Waals surface area contributed by atoms with Gasteiger partial charge < -0.3 is 10.5 Å². The summed E-state index contributed by atoms with van der Waals surface area (Å²) in [6, 6.07) is -1.49. The van der Waals surface area contributed by atoms with Crippen LogP contribution in [0.15, 0.2) is 4.99 Å². The molecule has 2 N–H and O–H groups in total. The number of carbonyl (C=O) groups excluding carboxylic acids is 1. The summed E-state index contributed by atoms with van der Waals surface area (Å²) in [5.74, 6) is 0. The van der Waals surface area contributed by atoms with Gasteiger partial charge in [0.15, 0.2) is 0 Å². The minimum absolute atomic E-state index is 0.0386. The Bertz CT molecular complexity index is 338. The van der Waals surface area contributed by atoms with E-state index < -0.39 is 35.1 Å². The van der Waals surface area contributed by atoms with Gasteiger partial charge in [-0.25, -0.2) is 13.6 Å². The summed E-state index contributed by atoms with van der Waals surface area (Å²) in [4.78, 5) is 16.0. The first-order valence-electron chi connectivity index (χ1n) is 4.78. The maximum Gasteiger partial charge on any atom is 0.411 e. The predicted molar refractivity (Wildman–Crippen MR) is 64.6 cm³/mol. The third-order valence-electron chi connectivity index (χ3n) is 2.12. The van der Waals surface area contributed by atoms with Crippen molar-refractivity contribution in [3.05, 3.63) is 0 Å². The van der Waals surface area contributed by atoms with E-state index in [1.165, 1.54) is 0 Å². The van der Waals surface area contributed by atoms with Crippen LogP contribution in [0.2, 0.25) is 0 Å². The number of alkyl halides is 5. The molecule has 104 valence electrons. The second kappa shape index (κ2) is 6.18. The van der Waals surface area contributed by atoms with Crippen molar-refractivity contribution in [2.45, 2.75) is 22.4 Å². The largest absolute Gasteiger partial charge is 0.445 e. The van der Waals surface area contributed by atoms with Crippen LogP contribution in [0, 0.1) is 0 Å². The lowest BCUT2D eigenvalue weighted by molar-refractivity contribution is 0.0465. The summed E-state index contributed by atoms with van der Waals surface area (Å²) in [6.07, 6.45) is -3.83. The van der Waals surface area contributed by atoms with Crippen LogP contribution in [0.4, 0.5) is 13.6 Å². The predicted octanol–water partition coefficient (Wildman–Crippen LogP) is 1.80. The maximum absolute atomic E-state index is 12.5. The average Bonchev–Trinajstić information content (AvgIpc) is 2.24. The number of nitrogens with zero attached hydrogens (tertiary/aromatic N) is 2. The molecule has 5 nitrogen and oxygen atoms in total. The summed E-state index contributed by atoms with van der Waals surface area (Å²) in [7, 11) is 0. The highest BCUT2D eigenvalue weighted by molar-refractivity contribution is 6.67. The summed E-state index contributed by atoms with van der Waals surface area (Å²) < 4.78 is 28.0. The zero-order valence-electron chi connectivity index (χ0n) is 8.90. The summed E-state index contributed by atoms with van der Waals surface area (Å²) in [6.45, 7) is -0.542. The van der Waals surface area contributed by atoms with E-state index in [-0.39, 0.29) is 6.54 Å². The first-order valence-corrected chi connectivity index (χ1v) is 5.91. The van der Waals surface area contributed by atoms with Crippen molar-refractivity contribution in [2.75, 3.05) is 13.2 Å². The van der Waals surface area contributed by atoms with Gasteiger partial charge in [-0.1, -0.05) is 34.8 Å². The molecule has 0 saturated carbocycles. The molecule has 0 fully saturated rings. The van der Waals surface area contributed by atoms with Crippen LogP contribution in [0.25, 0.3) is 0 Å². The zero-order chi connectivity index (χ0) is 13.9. The van der Waals surface area contributed by atoms with Gasteiger partial charge in [-0.05, 0) is 0 Å². The molecule has 0 radical (unpaired) electrons. The van der Waals surface area contributed by atoms with Crippen molar-refractivity contribution in [3.63, 3.8) is 0 Å². The van der Waals surface area contributed by atoms with Gasteiger partial charge in [0.25, 0.3) is 6.43 Å². The Hall–Kier alpha value is -0.370. The molecule has 1 amide bonds. The van der Waals surface area contributed by atoms with Crippen LogP contribution in [-0.2, 0) is 4.74 Å². The van der Waals surface area contributed by atoms with E-state index >= 15 is 0 Å². The number of nitrogens with two attached hydrogens (primary N) is 1. The fourth-order valence-corrected chi connectivity index (χ4v) is 1.45. The summed E-state index contributed by atoms with van der Waals surface area (Å²) >= 11 is 16.2. The maximum atomic E-state index is 12.5. The van der Waals surface area contributed by atoms with E-state index in [1.807, 2.05) is 0 Å². The van der Waals surface area contributed by atoms with E-state index in [0.29, 0.717) is 0 Å². The number of ether oxygens (including phenoxy) is 1. The van der Waals surface area contributed by atoms with Crippen LogP contribution in [0.3, 0.4) is 0 Å². The standard InChI is InChI=1S/C8H10Cl3F2N3O2/c9-8(10,11)3-18-7(17)16-2-1-15-4(5(12)13)6(16)14/h1,4-6H,2-3,14H2. The molecule has 0 aromatic rings. The lowest BCUT2D eigenvalue weighted by atomic mass is 10.2. The molecule has 0 saturated heterocycles. The van der Waals surface area contributed by atoms with Crippen molar-refractivity contribution in [2.24, 2.45) is 10.7 Å². The van der Waals surface area contributed by atoms with Gasteiger partial charge in [0.2, 0.25) is 3.79 Å². The lowest BCUT2D eigenvalue weighted by Gasteiger charge is -2.33. The van der Waals surface area contributed by atoms with Gasteiger partial charge in [0.1, 0.15) is 18.8 Å². The first-order chi connectivity index (χ1) is 8.22. The average molecular weight is 325 g/mol. The van der Waals surface area contributed by atoms with Crippen molar-refractivity contribution in [1.82, 2.24) is 4.90 Å². The molecule has 1 rings (SSSR count). The first kappa shape index (κ1) is 15.7. The number of amides is 1. The number of hydrogen-bond acceptors (Lipinski definition) is 4. The van der Waals surface area contributed by atoms with Crippen LogP contribution >= 0.6 is 34.8 Å². The van der Waals surface area contributed by atoms with E-state index in [9.17, 15) is 13.6 Å². The number of carbonyl (C=O) groups is 1. The van der Waals surface area contributed by atoms with E-state index in [1.54, 1.807) is 0 Å². The minimum atomic E-state index is -2.78. The molecule has 0 aromatic carbocycles. The van der Waals surface area contributed by atoms with Gasteiger partial charge in [-0.15, -0.1) is 0 Å². The Morgan fingerprint density at radius 2 is 2.22 bits per heavy atom. The quantitative estimate of drug-likeness (QED) is 0.788. The van der Waals surface area contributed by atoms with Crippen molar-refractivity contribution < 1.29 is 18.3 Å². The van der Waals surface area contributed by atoms with Crippen molar-refractivity contribution >= 4 is 47.1 Å².